The summed E-state index contributed by atoms with van der Waals surface area (Å²) in [5, 5.41) is 14.7. The number of hydrogen-bond donors (Lipinski definition) is 0. The molecule has 0 radical (unpaired) electrons. The van der Waals surface area contributed by atoms with Crippen molar-refractivity contribution in [1.29, 1.82) is 0 Å². The van der Waals surface area contributed by atoms with Gasteiger partial charge >= 0.3 is 5.69 Å². The molecule has 2 rings (SSSR count). The Bertz CT molecular complexity index is 732. The van der Waals surface area contributed by atoms with Crippen molar-refractivity contribution >= 4 is 15.5 Å². The Morgan fingerprint density at radius 2 is 1.84 bits per heavy atom. The van der Waals surface area contributed by atoms with Gasteiger partial charge in [0.05, 0.1) is 15.5 Å². The second kappa shape index (κ2) is 4.47. The van der Waals surface area contributed by atoms with Crippen LogP contribution in [0.4, 0.5) is 5.69 Å². The molecule has 0 aliphatic rings. The van der Waals surface area contributed by atoms with E-state index in [1.54, 1.807) is 19.1 Å². The number of benzene rings is 1. The first-order chi connectivity index (χ1) is 8.79. The van der Waals surface area contributed by atoms with Gasteiger partial charge in [-0.25, -0.2) is 13.1 Å². The SMILES string of the molecule is Cc1nn(-c2ccc(S(C)(=O)=O)cc2)cc1[N+](=O)[O-]. The maximum Gasteiger partial charge on any atom is 0.310 e. The lowest BCUT2D eigenvalue weighted by molar-refractivity contribution is -0.385. The molecule has 0 amide bonds. The van der Waals surface area contributed by atoms with Crippen LogP contribution >= 0.6 is 0 Å². The third-order valence-electron chi connectivity index (χ3n) is 2.60. The van der Waals surface area contributed by atoms with Gasteiger partial charge in [-0.15, -0.1) is 0 Å². The van der Waals surface area contributed by atoms with E-state index in [2.05, 4.69) is 5.10 Å². The fourth-order valence-corrected chi connectivity index (χ4v) is 2.24. The largest absolute Gasteiger partial charge is 0.310 e. The minimum atomic E-state index is -3.26. The highest BCUT2D eigenvalue weighted by Crippen LogP contribution is 2.19. The summed E-state index contributed by atoms with van der Waals surface area (Å²) in [6.07, 6.45) is 2.41. The highest BCUT2D eigenvalue weighted by atomic mass is 32.2. The van der Waals surface area contributed by atoms with Crippen molar-refractivity contribution in [2.45, 2.75) is 11.8 Å². The molecule has 19 heavy (non-hydrogen) atoms. The highest BCUT2D eigenvalue weighted by Gasteiger charge is 2.16. The Morgan fingerprint density at radius 3 is 2.26 bits per heavy atom. The average molecular weight is 281 g/mol. The first-order valence-electron chi connectivity index (χ1n) is 5.30. The van der Waals surface area contributed by atoms with E-state index < -0.39 is 14.8 Å². The molecule has 100 valence electrons. The molecule has 0 aliphatic carbocycles. The second-order valence-electron chi connectivity index (χ2n) is 4.07. The Hall–Kier alpha value is -2.22. The van der Waals surface area contributed by atoms with E-state index in [0.29, 0.717) is 11.4 Å². The predicted molar refractivity (Wildman–Crippen MR) is 68.1 cm³/mol. The maximum absolute atomic E-state index is 11.3. The van der Waals surface area contributed by atoms with E-state index in [0.717, 1.165) is 6.26 Å². The minimum absolute atomic E-state index is 0.0767. The Morgan fingerprint density at radius 1 is 1.26 bits per heavy atom. The number of aryl methyl sites for hydroxylation is 1. The molecule has 7 nitrogen and oxygen atoms in total. The van der Waals surface area contributed by atoms with Crippen LogP contribution in [0.15, 0.2) is 35.4 Å². The summed E-state index contributed by atoms with van der Waals surface area (Å²) >= 11 is 0. The van der Waals surface area contributed by atoms with Gasteiger partial charge in [-0.2, -0.15) is 5.10 Å². The summed E-state index contributed by atoms with van der Waals surface area (Å²) in [5.74, 6) is 0. The number of nitrogens with zero attached hydrogens (tertiary/aromatic N) is 3. The summed E-state index contributed by atoms with van der Waals surface area (Å²) in [6.45, 7) is 1.54. The van der Waals surface area contributed by atoms with E-state index in [-0.39, 0.29) is 10.6 Å². The molecule has 0 fully saturated rings. The van der Waals surface area contributed by atoms with Crippen molar-refractivity contribution in [1.82, 2.24) is 9.78 Å². The molecule has 0 atom stereocenters. The Balaban J connectivity index is 2.43. The van der Waals surface area contributed by atoms with Gasteiger partial charge in [-0.1, -0.05) is 0 Å². The number of hydrogen-bond acceptors (Lipinski definition) is 5. The fraction of sp³-hybridized carbons (Fsp3) is 0.182. The van der Waals surface area contributed by atoms with Crippen LogP contribution in [0.2, 0.25) is 0 Å². The van der Waals surface area contributed by atoms with Crippen molar-refractivity contribution in [3.63, 3.8) is 0 Å². The molecule has 8 heteroatoms. The molecule has 0 bridgehead atoms. The van der Waals surface area contributed by atoms with E-state index in [4.69, 9.17) is 0 Å². The lowest BCUT2D eigenvalue weighted by Gasteiger charge is -2.02. The van der Waals surface area contributed by atoms with Crippen LogP contribution in [0.5, 0.6) is 0 Å². The zero-order valence-electron chi connectivity index (χ0n) is 10.3. The van der Waals surface area contributed by atoms with Crippen molar-refractivity contribution in [3.05, 3.63) is 46.3 Å². The molecule has 1 aromatic heterocycles. The van der Waals surface area contributed by atoms with Crippen LogP contribution in [0.3, 0.4) is 0 Å². The van der Waals surface area contributed by atoms with Crippen LogP contribution in [0.1, 0.15) is 5.69 Å². The first kappa shape index (κ1) is 13.2. The number of rotatable bonds is 3. The lowest BCUT2D eigenvalue weighted by atomic mass is 10.3. The third kappa shape index (κ3) is 2.63. The molecule has 0 saturated heterocycles. The normalized spacial score (nSPS) is 11.5. The zero-order chi connectivity index (χ0) is 14.2. The van der Waals surface area contributed by atoms with Gasteiger partial charge in [0.1, 0.15) is 11.9 Å². The quantitative estimate of drug-likeness (QED) is 0.627. The summed E-state index contributed by atoms with van der Waals surface area (Å²) < 4.78 is 24.0. The zero-order valence-corrected chi connectivity index (χ0v) is 11.1. The van der Waals surface area contributed by atoms with Crippen LogP contribution in [0, 0.1) is 17.0 Å². The fourth-order valence-electron chi connectivity index (χ4n) is 1.61. The molecule has 1 aromatic carbocycles. The van der Waals surface area contributed by atoms with Crippen LogP contribution in [-0.4, -0.2) is 29.4 Å². The van der Waals surface area contributed by atoms with Gasteiger partial charge in [0, 0.05) is 6.26 Å². The highest BCUT2D eigenvalue weighted by molar-refractivity contribution is 7.90. The van der Waals surface area contributed by atoms with Crippen molar-refractivity contribution in [2.24, 2.45) is 0 Å². The van der Waals surface area contributed by atoms with Gasteiger partial charge in [0.2, 0.25) is 0 Å². The van der Waals surface area contributed by atoms with E-state index >= 15 is 0 Å². The van der Waals surface area contributed by atoms with Gasteiger partial charge in [0.15, 0.2) is 9.84 Å². The topological polar surface area (TPSA) is 95.1 Å². The Labute approximate surface area is 109 Å². The maximum atomic E-state index is 11.3. The van der Waals surface area contributed by atoms with Crippen LogP contribution < -0.4 is 0 Å². The molecule has 1 heterocycles. The van der Waals surface area contributed by atoms with Crippen LogP contribution in [-0.2, 0) is 9.84 Å². The summed E-state index contributed by atoms with van der Waals surface area (Å²) in [4.78, 5) is 10.4. The predicted octanol–water partition coefficient (Wildman–Crippen LogP) is 1.49. The van der Waals surface area contributed by atoms with Gasteiger partial charge < -0.3 is 0 Å². The number of aromatic nitrogens is 2. The molecular formula is C11H11N3O4S. The molecule has 0 unspecified atom stereocenters. The van der Waals surface area contributed by atoms with Crippen molar-refractivity contribution in [2.75, 3.05) is 6.26 Å². The van der Waals surface area contributed by atoms with Crippen molar-refractivity contribution in [3.8, 4) is 5.69 Å². The van der Waals surface area contributed by atoms with E-state index in [1.165, 1.54) is 23.0 Å². The standard InChI is InChI=1S/C11H11N3O4S/c1-8-11(14(15)16)7-13(12-8)9-3-5-10(6-4-9)19(2,17)18/h3-7H,1-2H3. The Kier molecular flexibility index (Phi) is 3.11. The second-order valence-corrected chi connectivity index (χ2v) is 6.08. The monoisotopic (exact) mass is 281 g/mol. The molecule has 0 spiro atoms. The first-order valence-corrected chi connectivity index (χ1v) is 7.19. The van der Waals surface area contributed by atoms with Crippen LogP contribution in [0.25, 0.3) is 5.69 Å². The smallest absolute Gasteiger partial charge is 0.258 e. The number of sulfone groups is 1. The average Bonchev–Trinajstić information content (AvgIpc) is 2.70. The molecular weight excluding hydrogens is 270 g/mol. The molecule has 0 aliphatic heterocycles. The third-order valence-corrected chi connectivity index (χ3v) is 3.73. The molecule has 0 saturated carbocycles. The minimum Gasteiger partial charge on any atom is -0.258 e. The molecule has 0 N–H and O–H groups in total. The van der Waals surface area contributed by atoms with Gasteiger partial charge in [-0.05, 0) is 31.2 Å². The van der Waals surface area contributed by atoms with Crippen molar-refractivity contribution < 1.29 is 13.3 Å². The van der Waals surface area contributed by atoms with E-state index in [9.17, 15) is 18.5 Å². The lowest BCUT2D eigenvalue weighted by Crippen LogP contribution is -1.99. The summed E-state index contributed by atoms with van der Waals surface area (Å²) in [7, 11) is -3.26. The molecule has 2 aromatic rings. The summed E-state index contributed by atoms with van der Waals surface area (Å²) in [5.41, 5.74) is 0.785. The van der Waals surface area contributed by atoms with Gasteiger partial charge in [0.25, 0.3) is 0 Å². The number of nitro groups is 1. The van der Waals surface area contributed by atoms with Gasteiger partial charge in [-0.3, -0.25) is 10.1 Å². The van der Waals surface area contributed by atoms with E-state index in [1.807, 2.05) is 0 Å². The summed E-state index contributed by atoms with van der Waals surface area (Å²) in [6, 6.07) is 5.97.